The molecule has 0 spiro atoms. The van der Waals surface area contributed by atoms with Crippen LogP contribution in [0.3, 0.4) is 0 Å². The molecule has 1 amide bonds. The third kappa shape index (κ3) is 25.2. The van der Waals surface area contributed by atoms with Gasteiger partial charge >= 0.3 is 23.9 Å². The summed E-state index contributed by atoms with van der Waals surface area (Å²) in [5.41, 5.74) is 1.10. The van der Waals surface area contributed by atoms with Crippen molar-refractivity contribution < 1.29 is 67.3 Å². The van der Waals surface area contributed by atoms with Crippen molar-refractivity contribution in [1.82, 2.24) is 14.7 Å². The molecule has 0 radical (unpaired) electrons. The average Bonchev–Trinajstić information content (AvgIpc) is 3.39. The Bertz CT molecular complexity index is 1900. The van der Waals surface area contributed by atoms with E-state index >= 15 is 0 Å². The molecule has 0 aromatic rings. The van der Waals surface area contributed by atoms with E-state index in [1.807, 2.05) is 60.6 Å². The van der Waals surface area contributed by atoms with Gasteiger partial charge in [-0.25, -0.2) is 4.79 Å². The smallest absolute Gasteiger partial charge is 0.331 e. The molecule has 1 aliphatic rings. The van der Waals surface area contributed by atoms with Crippen molar-refractivity contribution in [2.75, 3.05) is 63.2 Å². The monoisotopic (exact) mass is 1090 g/mol. The molecule has 442 valence electrons. The Hall–Kier alpha value is -4.23. The van der Waals surface area contributed by atoms with E-state index in [0.29, 0.717) is 38.5 Å². The molecule has 0 aromatic heterocycles. The number of carbonyl (C=O) groups is 5. The summed E-state index contributed by atoms with van der Waals surface area (Å²) in [6.07, 6.45) is 15.2. The first-order chi connectivity index (χ1) is 36.1. The number of cyclic esters (lactones) is 1. The van der Waals surface area contributed by atoms with Crippen LogP contribution in [-0.2, 0) is 57.1 Å². The van der Waals surface area contributed by atoms with Crippen LogP contribution >= 0.6 is 0 Å². The Morgan fingerprint density at radius 3 is 2.10 bits per heavy atom. The molecule has 0 saturated carbocycles. The topological polar surface area (TPSA) is 200 Å². The molecule has 0 aromatic carbocycles. The third-order valence-corrected chi connectivity index (χ3v) is 15.5. The molecular weight excluding hydrogens is 987 g/mol. The lowest BCUT2D eigenvalue weighted by atomic mass is 9.80. The molecule has 0 saturated heterocycles. The highest BCUT2D eigenvalue weighted by Gasteiger charge is 2.38. The van der Waals surface area contributed by atoms with Gasteiger partial charge in [-0.1, -0.05) is 97.9 Å². The largest absolute Gasteiger partial charge is 0.462 e. The number of carbonyl (C=O) groups excluding carboxylic acids is 5. The molecule has 2 N–H and O–H groups in total. The van der Waals surface area contributed by atoms with Crippen LogP contribution < -0.4 is 0 Å². The maximum absolute atomic E-state index is 13.8. The van der Waals surface area contributed by atoms with E-state index < -0.39 is 90.3 Å². The summed E-state index contributed by atoms with van der Waals surface area (Å²) >= 11 is 0. The van der Waals surface area contributed by atoms with Gasteiger partial charge in [-0.05, 0) is 104 Å². The van der Waals surface area contributed by atoms with E-state index in [0.717, 1.165) is 12.0 Å². The van der Waals surface area contributed by atoms with E-state index in [1.165, 1.54) is 25.0 Å². The summed E-state index contributed by atoms with van der Waals surface area (Å²) < 4.78 is 41.7. The van der Waals surface area contributed by atoms with Crippen molar-refractivity contribution in [2.45, 2.75) is 182 Å². The van der Waals surface area contributed by atoms with Crippen molar-refractivity contribution in [3.63, 3.8) is 0 Å². The van der Waals surface area contributed by atoms with Gasteiger partial charge < -0.3 is 48.3 Å². The molecule has 0 aliphatic carbocycles. The van der Waals surface area contributed by atoms with E-state index in [1.54, 1.807) is 96.7 Å². The van der Waals surface area contributed by atoms with Gasteiger partial charge in [0.25, 0.3) is 0 Å². The Kier molecular flexibility index (Phi) is 33.9. The van der Waals surface area contributed by atoms with Crippen LogP contribution in [0.4, 0.5) is 0 Å². The first kappa shape index (κ1) is 70.8. The normalized spacial score (nSPS) is 29.4. The number of aliphatic hydroxyl groups excluding tert-OH is 2. The number of methoxy groups -OCH3 is 3. The van der Waals surface area contributed by atoms with Crippen LogP contribution in [0.1, 0.15) is 121 Å². The van der Waals surface area contributed by atoms with E-state index in [4.69, 9.17) is 33.2 Å². The van der Waals surface area contributed by atoms with Crippen molar-refractivity contribution in [1.29, 1.82) is 0 Å². The Balaban J connectivity index is 3.77. The minimum atomic E-state index is -0.989. The van der Waals surface area contributed by atoms with Gasteiger partial charge in [0.15, 0.2) is 0 Å². The quantitative estimate of drug-likeness (QED) is 0.0431. The molecule has 3 unspecified atom stereocenters. The highest BCUT2D eigenvalue weighted by atomic mass is 16.6. The molecule has 18 atom stereocenters. The number of amides is 1. The van der Waals surface area contributed by atoms with Crippen molar-refractivity contribution in [2.24, 2.45) is 47.3 Å². The molecule has 0 bridgehead atoms. The maximum atomic E-state index is 13.8. The summed E-state index contributed by atoms with van der Waals surface area (Å²) in [6.45, 7) is 20.7. The Morgan fingerprint density at radius 2 is 1.53 bits per heavy atom. The van der Waals surface area contributed by atoms with Crippen LogP contribution in [0.15, 0.2) is 60.4 Å². The van der Waals surface area contributed by atoms with Crippen LogP contribution in [0.25, 0.3) is 0 Å². The highest BCUT2D eigenvalue weighted by molar-refractivity contribution is 5.82. The Labute approximate surface area is 463 Å². The second kappa shape index (κ2) is 36.8. The van der Waals surface area contributed by atoms with Crippen LogP contribution in [0, 0.1) is 47.3 Å². The first-order valence-electron chi connectivity index (χ1n) is 27.7. The number of aliphatic hydroxyl groups is 2. The summed E-state index contributed by atoms with van der Waals surface area (Å²) in [6, 6.07) is -1.23. The van der Waals surface area contributed by atoms with Gasteiger partial charge in [-0.15, -0.1) is 0 Å². The number of hydrogen-bond acceptors (Lipinski definition) is 16. The fourth-order valence-corrected chi connectivity index (χ4v) is 9.71. The maximum Gasteiger partial charge on any atom is 0.331 e. The zero-order valence-electron chi connectivity index (χ0n) is 50.5. The minimum absolute atomic E-state index is 0.127. The van der Waals surface area contributed by atoms with Crippen LogP contribution in [0.2, 0.25) is 0 Å². The van der Waals surface area contributed by atoms with Gasteiger partial charge in [-0.3, -0.25) is 29.0 Å². The zero-order valence-corrected chi connectivity index (χ0v) is 50.5. The van der Waals surface area contributed by atoms with Crippen LogP contribution in [-0.4, -0.2) is 179 Å². The molecule has 1 heterocycles. The lowest BCUT2D eigenvalue weighted by Crippen LogP contribution is -2.44. The van der Waals surface area contributed by atoms with Gasteiger partial charge in [0, 0.05) is 83.6 Å². The van der Waals surface area contributed by atoms with Gasteiger partial charge in [0.2, 0.25) is 6.41 Å². The fraction of sp³-hybridized carbons (Fsp3) is 0.750. The van der Waals surface area contributed by atoms with E-state index in [-0.39, 0.29) is 54.8 Å². The number of hydrogen-bond donors (Lipinski definition) is 2. The average molecular weight is 1090 g/mol. The summed E-state index contributed by atoms with van der Waals surface area (Å²) in [5.74, 6) is -4.65. The SMILES string of the molecule is COCC(C(=O)O[C@@H]1C/C=C/C=C/C(=O)O[C@H]([C@@H](C)[C@@H](O)[C@@H](C)CC[C@@H](OC(=O)C(C)N(C)C)[C@H](C)[C@H](OC(C)=O)[C@H](C)/C=C/N(C)C=O)C(C)/C=C/[C@H](OC)C[C@H](C)C/C=C(\C)[C@@H](OC)CC[C@@H](C)[C@@H](O)[C@@H]1C)N(C)C. The predicted octanol–water partition coefficient (Wildman–Crippen LogP) is 7.98. The van der Waals surface area contributed by atoms with Crippen molar-refractivity contribution in [3.05, 3.63) is 60.4 Å². The molecule has 77 heavy (non-hydrogen) atoms. The summed E-state index contributed by atoms with van der Waals surface area (Å²) in [7, 11) is 13.6. The molecule has 1 rings (SSSR count). The second-order valence-electron chi connectivity index (χ2n) is 22.4. The molecule has 17 nitrogen and oxygen atoms in total. The number of rotatable bonds is 23. The number of esters is 4. The molecule has 17 heteroatoms. The Morgan fingerprint density at radius 1 is 0.870 bits per heavy atom. The lowest BCUT2D eigenvalue weighted by Gasteiger charge is -2.36. The summed E-state index contributed by atoms with van der Waals surface area (Å²) in [4.78, 5) is 69.5. The molecular formula is C60H103N3O14. The molecule has 1 aliphatic heterocycles. The summed E-state index contributed by atoms with van der Waals surface area (Å²) in [5, 5.41) is 23.9. The predicted molar refractivity (Wildman–Crippen MR) is 301 cm³/mol. The van der Waals surface area contributed by atoms with Gasteiger partial charge in [0.05, 0.1) is 31.0 Å². The minimum Gasteiger partial charge on any atom is -0.462 e. The third-order valence-electron chi connectivity index (χ3n) is 15.5. The number of nitrogens with zero attached hydrogens (tertiary/aromatic N) is 3. The van der Waals surface area contributed by atoms with Crippen LogP contribution in [0.5, 0.6) is 0 Å². The number of likely N-dealkylation sites (N-methyl/N-ethyl adjacent to an activating group) is 2. The number of allylic oxidation sites excluding steroid dienone is 3. The van der Waals surface area contributed by atoms with Gasteiger partial charge in [-0.2, -0.15) is 0 Å². The standard InChI is InChI=1S/C60H103N3O14/c1-38-25-26-39(2)51(73-19)31-28-40(3)55(67)44(7)52(76-60(70)50(36-71-17)62(14)15)23-21-20-22-24-54(66)77-58(42(5)27-30-49(35-38)72-18)46(9)56(68)41(4)29-32-53(75-59(69)47(10)61(12)13)45(8)57(74-48(11)65)43(6)33-34-63(16)37-64/h20-22,24,26-27,30,33-34,37-38,40-47,49-53,55-58,67-68H,23,25,28-29,31-32,35-36H2,1-19H3/b21-20+,24-22+,30-27+,34-33+,39-26+/t38-,40-,41+,42?,43-,44-,45+,46+,47?,49+,50?,51+,52-,53-,55-,56+,57-,58+/m1/s1. The lowest BCUT2D eigenvalue weighted by molar-refractivity contribution is -0.166. The first-order valence-corrected chi connectivity index (χ1v) is 27.7. The zero-order chi connectivity index (χ0) is 58.7. The highest BCUT2D eigenvalue weighted by Crippen LogP contribution is 2.33. The van der Waals surface area contributed by atoms with Gasteiger partial charge in [0.1, 0.15) is 36.5 Å². The number of ether oxygens (including phenoxy) is 7. The second-order valence-corrected chi connectivity index (χ2v) is 22.4. The van der Waals surface area contributed by atoms with Crippen molar-refractivity contribution in [3.8, 4) is 0 Å². The van der Waals surface area contributed by atoms with E-state index in [2.05, 4.69) is 19.9 Å². The van der Waals surface area contributed by atoms with E-state index in [9.17, 15) is 34.2 Å². The molecule has 0 fully saturated rings. The fourth-order valence-electron chi connectivity index (χ4n) is 9.71. The van der Waals surface area contributed by atoms with Crippen molar-refractivity contribution >= 4 is 30.3 Å².